The highest BCUT2D eigenvalue weighted by Crippen LogP contribution is 2.37. The molecule has 0 N–H and O–H groups in total. The van der Waals surface area contributed by atoms with Crippen LogP contribution in [0.5, 0.6) is 11.5 Å². The number of rotatable bonds is 10. The lowest BCUT2D eigenvalue weighted by Crippen LogP contribution is -2.30. The Hall–Kier alpha value is -2.67. The molecule has 0 aliphatic rings. The first-order chi connectivity index (χ1) is 13.5. The minimum Gasteiger partial charge on any atom is -0.490 e. The van der Waals surface area contributed by atoms with Gasteiger partial charge in [-0.3, -0.25) is 4.79 Å². The van der Waals surface area contributed by atoms with Gasteiger partial charge in [0.05, 0.1) is 36.6 Å². The van der Waals surface area contributed by atoms with E-state index in [1.165, 1.54) is 23.3 Å². The molecule has 0 spiro atoms. The van der Waals surface area contributed by atoms with E-state index >= 15 is 0 Å². The zero-order valence-corrected chi connectivity index (χ0v) is 17.0. The molecule has 0 aliphatic heterocycles. The molecule has 0 saturated heterocycles. The second-order valence-electron chi connectivity index (χ2n) is 5.97. The van der Waals surface area contributed by atoms with Crippen molar-refractivity contribution in [2.75, 3.05) is 26.9 Å². The summed E-state index contributed by atoms with van der Waals surface area (Å²) in [5.41, 5.74) is 0.179. The van der Waals surface area contributed by atoms with Crippen molar-refractivity contribution in [3.8, 4) is 11.5 Å². The molecule has 1 amide bonds. The number of nitrogens with zero attached hydrogens (tertiary/aromatic N) is 1. The second-order valence-corrected chi connectivity index (χ2v) is 6.38. The molecule has 0 saturated carbocycles. The molecule has 0 atom stereocenters. The van der Waals surface area contributed by atoms with Crippen molar-refractivity contribution in [2.24, 2.45) is 0 Å². The maximum absolute atomic E-state index is 12.4. The van der Waals surface area contributed by atoms with Crippen molar-refractivity contribution in [3.63, 3.8) is 0 Å². The standard InChI is InChI=1S/C20H24ClNO6/c1-4-8-27-19-16(21)10-14(11-17(19)25-5-2)20(24)28-13-18(23)22(3)12-15-7-6-9-26-15/h6-7,9-11H,4-5,8,12-13H2,1-3H3. The number of furan rings is 1. The van der Waals surface area contributed by atoms with Crippen LogP contribution in [0.25, 0.3) is 0 Å². The van der Waals surface area contributed by atoms with Gasteiger partial charge < -0.3 is 23.5 Å². The molecule has 0 radical (unpaired) electrons. The summed E-state index contributed by atoms with van der Waals surface area (Å²) in [5.74, 6) is 0.347. The molecule has 7 nitrogen and oxygen atoms in total. The van der Waals surface area contributed by atoms with E-state index in [0.29, 0.717) is 30.5 Å². The Labute approximate surface area is 169 Å². The van der Waals surface area contributed by atoms with E-state index in [9.17, 15) is 9.59 Å². The Morgan fingerprint density at radius 3 is 2.64 bits per heavy atom. The van der Waals surface area contributed by atoms with Crippen LogP contribution in [0, 0.1) is 0 Å². The number of hydrogen-bond donors (Lipinski definition) is 0. The first-order valence-corrected chi connectivity index (χ1v) is 9.36. The highest BCUT2D eigenvalue weighted by atomic mass is 35.5. The largest absolute Gasteiger partial charge is 0.490 e. The van der Waals surface area contributed by atoms with E-state index in [0.717, 1.165) is 6.42 Å². The van der Waals surface area contributed by atoms with Gasteiger partial charge in [-0.25, -0.2) is 4.79 Å². The predicted octanol–water partition coefficient (Wildman–Crippen LogP) is 3.94. The van der Waals surface area contributed by atoms with E-state index in [1.54, 1.807) is 19.2 Å². The number of likely N-dealkylation sites (N-methyl/N-ethyl adjacent to an activating group) is 1. The molecule has 0 unspecified atom stereocenters. The molecule has 0 bridgehead atoms. The van der Waals surface area contributed by atoms with E-state index < -0.39 is 12.6 Å². The van der Waals surface area contributed by atoms with Crippen molar-refractivity contribution in [3.05, 3.63) is 46.9 Å². The van der Waals surface area contributed by atoms with Crippen molar-refractivity contribution < 1.29 is 28.2 Å². The van der Waals surface area contributed by atoms with Gasteiger partial charge in [0.15, 0.2) is 18.1 Å². The summed E-state index contributed by atoms with van der Waals surface area (Å²) in [5, 5.41) is 0.243. The van der Waals surface area contributed by atoms with Crippen molar-refractivity contribution in [1.29, 1.82) is 0 Å². The fourth-order valence-electron chi connectivity index (χ4n) is 2.34. The Balaban J connectivity index is 2.01. The molecule has 0 fully saturated rings. The molecular formula is C20H24ClNO6. The fraction of sp³-hybridized carbons (Fsp3) is 0.400. The van der Waals surface area contributed by atoms with Crippen LogP contribution in [-0.4, -0.2) is 43.6 Å². The molecule has 152 valence electrons. The second kappa shape index (κ2) is 10.6. The molecule has 8 heteroatoms. The summed E-state index contributed by atoms with van der Waals surface area (Å²) in [6.45, 7) is 4.53. The van der Waals surface area contributed by atoms with Gasteiger partial charge in [0.1, 0.15) is 5.76 Å². The third-order valence-electron chi connectivity index (χ3n) is 3.72. The van der Waals surface area contributed by atoms with Crippen molar-refractivity contribution >= 4 is 23.5 Å². The number of ether oxygens (including phenoxy) is 3. The number of halogens is 1. The van der Waals surface area contributed by atoms with Crippen molar-refractivity contribution in [1.82, 2.24) is 4.90 Å². The minimum absolute atomic E-state index is 0.179. The molecule has 2 aromatic rings. The normalized spacial score (nSPS) is 10.4. The maximum Gasteiger partial charge on any atom is 0.338 e. The average Bonchev–Trinajstić information content (AvgIpc) is 3.18. The van der Waals surface area contributed by atoms with E-state index in [4.69, 9.17) is 30.2 Å². The number of benzene rings is 1. The van der Waals surface area contributed by atoms with Crippen LogP contribution >= 0.6 is 11.6 Å². The van der Waals surface area contributed by atoms with E-state index in [-0.39, 0.29) is 23.0 Å². The monoisotopic (exact) mass is 409 g/mol. The van der Waals surface area contributed by atoms with Crippen LogP contribution in [0.2, 0.25) is 5.02 Å². The Kier molecular flexibility index (Phi) is 8.19. The summed E-state index contributed by atoms with van der Waals surface area (Å²) in [4.78, 5) is 25.9. The summed E-state index contributed by atoms with van der Waals surface area (Å²) < 4.78 is 21.4. The lowest BCUT2D eigenvalue weighted by atomic mass is 10.2. The molecule has 1 aromatic carbocycles. The van der Waals surface area contributed by atoms with Crippen LogP contribution in [-0.2, 0) is 16.1 Å². The zero-order valence-electron chi connectivity index (χ0n) is 16.2. The number of amides is 1. The fourth-order valence-corrected chi connectivity index (χ4v) is 2.60. The van der Waals surface area contributed by atoms with Gasteiger partial charge in [0.2, 0.25) is 0 Å². The Bertz CT molecular complexity index is 790. The van der Waals surface area contributed by atoms with Gasteiger partial charge in [-0.05, 0) is 37.6 Å². The zero-order chi connectivity index (χ0) is 20.5. The first-order valence-electron chi connectivity index (χ1n) is 8.98. The van der Waals surface area contributed by atoms with Crippen LogP contribution in [0.1, 0.15) is 36.4 Å². The van der Waals surface area contributed by atoms with Gasteiger partial charge in [-0.1, -0.05) is 18.5 Å². The molecule has 0 aliphatic carbocycles. The molecular weight excluding hydrogens is 386 g/mol. The number of hydrogen-bond acceptors (Lipinski definition) is 6. The van der Waals surface area contributed by atoms with Crippen LogP contribution < -0.4 is 9.47 Å². The van der Waals surface area contributed by atoms with Gasteiger partial charge in [-0.15, -0.1) is 0 Å². The highest BCUT2D eigenvalue weighted by Gasteiger charge is 2.19. The van der Waals surface area contributed by atoms with Crippen molar-refractivity contribution in [2.45, 2.75) is 26.8 Å². The summed E-state index contributed by atoms with van der Waals surface area (Å²) in [6, 6.07) is 6.44. The van der Waals surface area contributed by atoms with Crippen LogP contribution in [0.3, 0.4) is 0 Å². The molecule has 1 aromatic heterocycles. The topological polar surface area (TPSA) is 78.2 Å². The third-order valence-corrected chi connectivity index (χ3v) is 4.00. The Morgan fingerprint density at radius 1 is 1.21 bits per heavy atom. The summed E-state index contributed by atoms with van der Waals surface area (Å²) >= 11 is 6.24. The number of carbonyl (C=O) groups excluding carboxylic acids is 2. The summed E-state index contributed by atoms with van der Waals surface area (Å²) in [6.07, 6.45) is 2.33. The Morgan fingerprint density at radius 2 is 2.00 bits per heavy atom. The molecule has 28 heavy (non-hydrogen) atoms. The lowest BCUT2D eigenvalue weighted by molar-refractivity contribution is -0.133. The third kappa shape index (κ3) is 5.92. The van der Waals surface area contributed by atoms with Crippen LogP contribution in [0.4, 0.5) is 0 Å². The highest BCUT2D eigenvalue weighted by molar-refractivity contribution is 6.32. The quantitative estimate of drug-likeness (QED) is 0.553. The maximum atomic E-state index is 12.4. The molecule has 1 heterocycles. The average molecular weight is 410 g/mol. The van der Waals surface area contributed by atoms with Gasteiger partial charge in [0.25, 0.3) is 5.91 Å². The minimum atomic E-state index is -0.676. The van der Waals surface area contributed by atoms with Gasteiger partial charge >= 0.3 is 5.97 Å². The van der Waals surface area contributed by atoms with Gasteiger partial charge in [-0.2, -0.15) is 0 Å². The van der Waals surface area contributed by atoms with E-state index in [1.807, 2.05) is 13.8 Å². The first kappa shape index (κ1) is 21.6. The molecule has 2 rings (SSSR count). The smallest absolute Gasteiger partial charge is 0.338 e. The number of carbonyl (C=O) groups is 2. The van der Waals surface area contributed by atoms with Crippen LogP contribution in [0.15, 0.2) is 34.9 Å². The lowest BCUT2D eigenvalue weighted by Gasteiger charge is -2.16. The summed E-state index contributed by atoms with van der Waals surface area (Å²) in [7, 11) is 1.60. The number of esters is 1. The predicted molar refractivity (Wildman–Crippen MR) is 104 cm³/mol. The van der Waals surface area contributed by atoms with Gasteiger partial charge in [0, 0.05) is 7.05 Å². The SMILES string of the molecule is CCCOc1c(Cl)cc(C(=O)OCC(=O)N(C)Cc2ccco2)cc1OCC. The van der Waals surface area contributed by atoms with E-state index in [2.05, 4.69) is 0 Å².